The molecule has 6 N–H and O–H groups in total. The molecule has 0 amide bonds. The van der Waals surface area contributed by atoms with E-state index in [9.17, 15) is 0 Å². The zero-order chi connectivity index (χ0) is 9.70. The summed E-state index contributed by atoms with van der Waals surface area (Å²) in [4.78, 5) is 0. The molecule has 0 saturated carbocycles. The number of rotatable bonds is 1. The summed E-state index contributed by atoms with van der Waals surface area (Å²) in [6, 6.07) is 0.333. The van der Waals surface area contributed by atoms with Gasteiger partial charge >= 0.3 is 0 Å². The van der Waals surface area contributed by atoms with Gasteiger partial charge in [-0.25, -0.2) is 0 Å². The van der Waals surface area contributed by atoms with Crippen LogP contribution in [-0.4, -0.2) is 19.1 Å². The summed E-state index contributed by atoms with van der Waals surface area (Å²) in [5.41, 5.74) is 15.0. The molecule has 0 aromatic rings. The molecule has 3 heteroatoms. The van der Waals surface area contributed by atoms with Gasteiger partial charge in [0.05, 0.1) is 0 Å². The predicted octanol–water partition coefficient (Wildman–Crippen LogP) is 0.674. The molecule has 0 atom stereocenters. The van der Waals surface area contributed by atoms with Crippen molar-refractivity contribution in [3.8, 4) is 0 Å². The smallest absolute Gasteiger partial charge is 0.00179 e. The first kappa shape index (κ1) is 17.1. The molecule has 72 valence electrons. The van der Waals surface area contributed by atoms with E-state index in [1.807, 2.05) is 20.8 Å². The number of nitrogens with two attached hydrogens (primary N) is 3. The lowest BCUT2D eigenvalue weighted by Gasteiger charge is -1.81. The Bertz CT molecular complexity index is 33.6. The molecule has 11 heavy (non-hydrogen) atoms. The zero-order valence-electron chi connectivity index (χ0n) is 8.43. The summed E-state index contributed by atoms with van der Waals surface area (Å²) in [6.07, 6.45) is 1.10. The van der Waals surface area contributed by atoms with Gasteiger partial charge in [-0.1, -0.05) is 27.7 Å². The van der Waals surface area contributed by atoms with Crippen LogP contribution in [0.15, 0.2) is 0 Å². The highest BCUT2D eigenvalue weighted by Crippen LogP contribution is 1.58. The molecule has 0 saturated heterocycles. The van der Waals surface area contributed by atoms with Gasteiger partial charge in [0, 0.05) is 0 Å². The van der Waals surface area contributed by atoms with Gasteiger partial charge in [-0.2, -0.15) is 0 Å². The minimum atomic E-state index is 0.333. The normalized spacial score (nSPS) is 7.64. The molecule has 0 spiro atoms. The molecule has 0 unspecified atom stereocenters. The van der Waals surface area contributed by atoms with Crippen molar-refractivity contribution >= 4 is 0 Å². The Kier molecular flexibility index (Phi) is 35.0. The average Bonchev–Trinajstić information content (AvgIpc) is 1.88. The van der Waals surface area contributed by atoms with E-state index in [1.165, 1.54) is 0 Å². The summed E-state index contributed by atoms with van der Waals surface area (Å²) < 4.78 is 0. The van der Waals surface area contributed by atoms with Gasteiger partial charge in [0.1, 0.15) is 0 Å². The van der Waals surface area contributed by atoms with Crippen LogP contribution in [0.5, 0.6) is 0 Å². The van der Waals surface area contributed by atoms with Crippen molar-refractivity contribution in [2.24, 2.45) is 17.2 Å². The zero-order valence-corrected chi connectivity index (χ0v) is 8.43. The van der Waals surface area contributed by atoms with Gasteiger partial charge in [-0.3, -0.25) is 0 Å². The van der Waals surface area contributed by atoms with E-state index in [0.717, 1.165) is 19.5 Å². The van der Waals surface area contributed by atoms with Crippen LogP contribution < -0.4 is 17.2 Å². The van der Waals surface area contributed by atoms with Crippen LogP contribution in [0, 0.1) is 0 Å². The van der Waals surface area contributed by atoms with Gasteiger partial charge in [0.25, 0.3) is 0 Å². The van der Waals surface area contributed by atoms with Crippen molar-refractivity contribution in [3.63, 3.8) is 0 Å². The van der Waals surface area contributed by atoms with E-state index in [4.69, 9.17) is 17.2 Å². The average molecular weight is 163 g/mol. The van der Waals surface area contributed by atoms with Crippen molar-refractivity contribution in [3.05, 3.63) is 0 Å². The predicted molar refractivity (Wildman–Crippen MR) is 53.4 cm³/mol. The molecule has 0 aliphatic carbocycles. The summed E-state index contributed by atoms with van der Waals surface area (Å²) in [7, 11) is 0. The molecular weight excluding hydrogens is 138 g/mol. The van der Waals surface area contributed by atoms with Gasteiger partial charge in [0.2, 0.25) is 0 Å². The maximum atomic E-state index is 5.11. The lowest BCUT2D eigenvalue weighted by Crippen LogP contribution is -2.06. The van der Waals surface area contributed by atoms with Crippen LogP contribution in [0.2, 0.25) is 0 Å². The monoisotopic (exact) mass is 163 g/mol. The Morgan fingerprint density at radius 2 is 1.18 bits per heavy atom. The van der Waals surface area contributed by atoms with Gasteiger partial charge in [-0.05, 0) is 25.6 Å². The fraction of sp³-hybridized carbons (Fsp3) is 1.00. The van der Waals surface area contributed by atoms with Crippen LogP contribution in [0.1, 0.15) is 34.1 Å². The molecular formula is C8H25N3. The molecule has 0 bridgehead atoms. The summed E-state index contributed by atoms with van der Waals surface area (Å²) in [6.45, 7) is 9.42. The highest BCUT2D eigenvalue weighted by molar-refractivity contribution is 4.32. The fourth-order valence-corrected chi connectivity index (χ4v) is 0. The van der Waals surface area contributed by atoms with Crippen LogP contribution in [0.4, 0.5) is 0 Å². The molecule has 0 radical (unpaired) electrons. The van der Waals surface area contributed by atoms with Crippen molar-refractivity contribution in [1.82, 2.24) is 0 Å². The molecule has 0 fully saturated rings. The Morgan fingerprint density at radius 3 is 1.18 bits per heavy atom. The maximum Gasteiger partial charge on any atom is -0.00179 e. The van der Waals surface area contributed by atoms with Crippen molar-refractivity contribution in [2.45, 2.75) is 40.2 Å². The second kappa shape index (κ2) is 22.5. The van der Waals surface area contributed by atoms with Crippen molar-refractivity contribution < 1.29 is 0 Å². The second-order valence-corrected chi connectivity index (χ2v) is 2.44. The highest BCUT2D eigenvalue weighted by atomic mass is 14.6. The lowest BCUT2D eigenvalue weighted by atomic mass is 10.5. The summed E-state index contributed by atoms with van der Waals surface area (Å²) >= 11 is 0. The molecule has 0 heterocycles. The molecule has 0 aromatic carbocycles. The highest BCUT2D eigenvalue weighted by Gasteiger charge is 1.67. The number of hydrogen-bond acceptors (Lipinski definition) is 3. The Morgan fingerprint density at radius 1 is 1.09 bits per heavy atom. The van der Waals surface area contributed by atoms with Gasteiger partial charge < -0.3 is 17.2 Å². The minimum absolute atomic E-state index is 0.333. The molecule has 3 nitrogen and oxygen atoms in total. The van der Waals surface area contributed by atoms with Crippen LogP contribution >= 0.6 is 0 Å². The van der Waals surface area contributed by atoms with E-state index in [1.54, 1.807) is 0 Å². The molecule has 0 aromatic heterocycles. The third-order valence-corrected chi connectivity index (χ3v) is 0.289. The van der Waals surface area contributed by atoms with E-state index in [-0.39, 0.29) is 0 Å². The Balaban J connectivity index is -0.0000000886. The first-order chi connectivity index (χ1) is 5.06. The Hall–Kier alpha value is -0.120. The van der Waals surface area contributed by atoms with E-state index in [2.05, 4.69) is 6.92 Å². The van der Waals surface area contributed by atoms with Crippen LogP contribution in [0.3, 0.4) is 0 Å². The number of hydrogen-bond donors (Lipinski definition) is 3. The largest absolute Gasteiger partial charge is 0.331 e. The van der Waals surface area contributed by atoms with Crippen molar-refractivity contribution in [2.75, 3.05) is 13.1 Å². The molecule has 0 aliphatic rings. The van der Waals surface area contributed by atoms with E-state index >= 15 is 0 Å². The summed E-state index contributed by atoms with van der Waals surface area (Å²) in [5, 5.41) is 0. The van der Waals surface area contributed by atoms with Crippen molar-refractivity contribution in [1.29, 1.82) is 0 Å². The third kappa shape index (κ3) is 792. The minimum Gasteiger partial charge on any atom is -0.331 e. The van der Waals surface area contributed by atoms with Gasteiger partial charge in [0.15, 0.2) is 0 Å². The van der Waals surface area contributed by atoms with Crippen LogP contribution in [-0.2, 0) is 0 Å². The quantitative estimate of drug-likeness (QED) is 0.532. The fourth-order valence-electron chi connectivity index (χ4n) is 0. The topological polar surface area (TPSA) is 78.1 Å². The second-order valence-electron chi connectivity index (χ2n) is 2.44. The first-order valence-corrected chi connectivity index (χ1v) is 4.22. The van der Waals surface area contributed by atoms with Crippen LogP contribution in [0.25, 0.3) is 0 Å². The lowest BCUT2D eigenvalue weighted by molar-refractivity contribution is 0.834. The van der Waals surface area contributed by atoms with E-state index in [0.29, 0.717) is 6.04 Å². The summed E-state index contributed by atoms with van der Waals surface area (Å²) in [5.74, 6) is 0. The SMILES string of the molecule is CC(C)N.CCCN.CCN. The standard InChI is InChI=1S/2C3H9N.C2H7N/c1-3(2)4;1-2-3-4;1-2-3/h3H,4H2,1-2H3;2-4H2,1H3;2-3H2,1H3. The third-order valence-electron chi connectivity index (χ3n) is 0.289. The molecule has 0 rings (SSSR count). The van der Waals surface area contributed by atoms with E-state index < -0.39 is 0 Å². The maximum absolute atomic E-state index is 5.11. The molecule has 0 aliphatic heterocycles. The Labute approximate surface area is 71.3 Å². The first-order valence-electron chi connectivity index (χ1n) is 4.22. The van der Waals surface area contributed by atoms with Gasteiger partial charge in [-0.15, -0.1) is 0 Å².